The fraction of sp³-hybridized carbons (Fsp3) is 0.700. The molecule has 0 fully saturated rings. The topological polar surface area (TPSA) is 43.4 Å². The number of hydrogen-bond acceptors (Lipinski definition) is 3. The van der Waals surface area contributed by atoms with Crippen molar-refractivity contribution < 1.29 is 12.6 Å². The molecule has 1 atom stereocenters. The predicted octanol–water partition coefficient (Wildman–Crippen LogP) is 5.71. The van der Waals surface area contributed by atoms with Crippen LogP contribution in [0.3, 0.4) is 0 Å². The SMILES string of the molecule is CCCCCCCCCCC(CCC)OS(=O)(=O)c1ccccc1.[Na]. The van der Waals surface area contributed by atoms with E-state index in [1.807, 2.05) is 6.07 Å². The van der Waals surface area contributed by atoms with Gasteiger partial charge in [-0.1, -0.05) is 89.8 Å². The maximum atomic E-state index is 12.3. The van der Waals surface area contributed by atoms with Crippen LogP contribution in [0.1, 0.15) is 84.5 Å². The molecular weight excluding hydrogens is 343 g/mol. The van der Waals surface area contributed by atoms with Crippen molar-refractivity contribution in [1.29, 1.82) is 0 Å². The number of benzene rings is 1. The monoisotopic (exact) mass is 377 g/mol. The molecule has 1 radical (unpaired) electrons. The third-order valence-electron chi connectivity index (χ3n) is 4.28. The Morgan fingerprint density at radius 3 is 1.92 bits per heavy atom. The summed E-state index contributed by atoms with van der Waals surface area (Å²) in [6.45, 7) is 4.30. The molecule has 0 spiro atoms. The van der Waals surface area contributed by atoms with Gasteiger partial charge in [0, 0.05) is 29.6 Å². The zero-order valence-corrected chi connectivity index (χ0v) is 19.2. The van der Waals surface area contributed by atoms with E-state index in [4.69, 9.17) is 4.18 Å². The van der Waals surface area contributed by atoms with Crippen LogP contribution in [0.4, 0.5) is 0 Å². The Hall–Kier alpha value is 0.130. The second-order valence-corrected chi connectivity index (χ2v) is 8.11. The van der Waals surface area contributed by atoms with Gasteiger partial charge in [0.2, 0.25) is 0 Å². The van der Waals surface area contributed by atoms with E-state index in [1.165, 1.54) is 44.9 Å². The van der Waals surface area contributed by atoms with Gasteiger partial charge in [0.25, 0.3) is 10.1 Å². The maximum Gasteiger partial charge on any atom is 0.297 e. The summed E-state index contributed by atoms with van der Waals surface area (Å²) in [6, 6.07) is 8.44. The Kier molecular flexibility index (Phi) is 15.3. The minimum absolute atomic E-state index is 0. The predicted molar refractivity (Wildman–Crippen MR) is 106 cm³/mol. The summed E-state index contributed by atoms with van der Waals surface area (Å²) in [5, 5.41) is 0. The van der Waals surface area contributed by atoms with E-state index in [-0.39, 0.29) is 40.6 Å². The third-order valence-corrected chi connectivity index (χ3v) is 5.66. The van der Waals surface area contributed by atoms with Gasteiger partial charge in [-0.3, -0.25) is 4.18 Å². The molecule has 1 aromatic carbocycles. The average molecular weight is 378 g/mol. The smallest absolute Gasteiger partial charge is 0.263 e. The first kappa shape index (κ1) is 25.1. The molecule has 0 saturated carbocycles. The van der Waals surface area contributed by atoms with Crippen LogP contribution in [0.2, 0.25) is 0 Å². The summed E-state index contributed by atoms with van der Waals surface area (Å²) in [5.41, 5.74) is 0. The molecule has 0 heterocycles. The first-order chi connectivity index (χ1) is 11.6. The molecule has 5 heteroatoms. The van der Waals surface area contributed by atoms with Crippen molar-refractivity contribution in [3.63, 3.8) is 0 Å². The van der Waals surface area contributed by atoms with Gasteiger partial charge in [0.1, 0.15) is 0 Å². The molecule has 0 amide bonds. The van der Waals surface area contributed by atoms with E-state index in [9.17, 15) is 8.42 Å². The van der Waals surface area contributed by atoms with E-state index >= 15 is 0 Å². The van der Waals surface area contributed by atoms with Crippen molar-refractivity contribution in [1.82, 2.24) is 0 Å². The van der Waals surface area contributed by atoms with Gasteiger partial charge in [0.05, 0.1) is 11.0 Å². The zero-order chi connectivity index (χ0) is 17.7. The molecule has 3 nitrogen and oxygen atoms in total. The summed E-state index contributed by atoms with van der Waals surface area (Å²) in [4.78, 5) is 0.252. The Morgan fingerprint density at radius 2 is 1.36 bits per heavy atom. The summed E-state index contributed by atoms with van der Waals surface area (Å²) in [5.74, 6) is 0. The van der Waals surface area contributed by atoms with Gasteiger partial charge in [-0.05, 0) is 25.0 Å². The minimum Gasteiger partial charge on any atom is -0.263 e. The molecule has 1 unspecified atom stereocenters. The van der Waals surface area contributed by atoms with Gasteiger partial charge in [-0.25, -0.2) is 0 Å². The van der Waals surface area contributed by atoms with Crippen LogP contribution in [-0.2, 0) is 14.3 Å². The van der Waals surface area contributed by atoms with E-state index in [0.29, 0.717) is 0 Å². The summed E-state index contributed by atoms with van der Waals surface area (Å²) in [7, 11) is -3.64. The molecule has 0 aliphatic heterocycles. The van der Waals surface area contributed by atoms with E-state index in [1.54, 1.807) is 24.3 Å². The van der Waals surface area contributed by atoms with E-state index in [2.05, 4.69) is 13.8 Å². The van der Waals surface area contributed by atoms with Gasteiger partial charge < -0.3 is 0 Å². The Labute approximate surface area is 177 Å². The standard InChI is InChI=1S/C20H34O3S.Na/c1-3-5-6-7-8-9-10-12-16-19(15-4-2)23-24(21,22)20-17-13-11-14-18-20;/h11,13-14,17-19H,3-10,12,15-16H2,1-2H3;. The van der Waals surface area contributed by atoms with Gasteiger partial charge in [-0.2, -0.15) is 8.42 Å². The molecule has 0 saturated heterocycles. The number of unbranched alkanes of at least 4 members (excludes halogenated alkanes) is 7. The molecule has 0 N–H and O–H groups in total. The minimum atomic E-state index is -3.64. The van der Waals surface area contributed by atoms with Crippen LogP contribution in [-0.4, -0.2) is 44.1 Å². The Balaban J connectivity index is 0.00000576. The van der Waals surface area contributed by atoms with Gasteiger partial charge in [-0.15, -0.1) is 0 Å². The molecule has 0 bridgehead atoms. The van der Waals surface area contributed by atoms with Crippen LogP contribution in [0.15, 0.2) is 35.2 Å². The van der Waals surface area contributed by atoms with Crippen molar-refractivity contribution >= 4 is 39.7 Å². The molecule has 25 heavy (non-hydrogen) atoms. The van der Waals surface area contributed by atoms with E-state index in [0.717, 1.165) is 25.7 Å². The normalized spacial score (nSPS) is 12.6. The molecule has 139 valence electrons. The van der Waals surface area contributed by atoms with Crippen LogP contribution < -0.4 is 0 Å². The third kappa shape index (κ3) is 11.4. The van der Waals surface area contributed by atoms with Crippen molar-refractivity contribution in [3.8, 4) is 0 Å². The zero-order valence-electron chi connectivity index (χ0n) is 16.4. The van der Waals surface area contributed by atoms with Crippen molar-refractivity contribution in [2.75, 3.05) is 0 Å². The number of hydrogen-bond donors (Lipinski definition) is 0. The second-order valence-electron chi connectivity index (χ2n) is 6.54. The molecule has 1 aromatic rings. The average Bonchev–Trinajstić information content (AvgIpc) is 2.58. The van der Waals surface area contributed by atoms with Gasteiger partial charge in [0.15, 0.2) is 0 Å². The van der Waals surface area contributed by atoms with Crippen LogP contribution in [0, 0.1) is 0 Å². The Morgan fingerprint density at radius 1 is 0.800 bits per heavy atom. The van der Waals surface area contributed by atoms with Crippen LogP contribution in [0.25, 0.3) is 0 Å². The van der Waals surface area contributed by atoms with Crippen LogP contribution >= 0.6 is 0 Å². The quantitative estimate of drug-likeness (QED) is 0.237. The van der Waals surface area contributed by atoms with Crippen LogP contribution in [0.5, 0.6) is 0 Å². The summed E-state index contributed by atoms with van der Waals surface area (Å²) < 4.78 is 30.2. The Bertz CT molecular complexity index is 517. The molecule has 0 aliphatic rings. The molecule has 0 aliphatic carbocycles. The molecule has 1 rings (SSSR count). The van der Waals surface area contributed by atoms with Crippen molar-refractivity contribution in [2.45, 2.75) is 95.5 Å². The van der Waals surface area contributed by atoms with E-state index < -0.39 is 10.1 Å². The van der Waals surface area contributed by atoms with Crippen molar-refractivity contribution in [3.05, 3.63) is 30.3 Å². The fourth-order valence-electron chi connectivity index (χ4n) is 2.89. The van der Waals surface area contributed by atoms with Crippen molar-refractivity contribution in [2.24, 2.45) is 0 Å². The summed E-state index contributed by atoms with van der Waals surface area (Å²) in [6.07, 6.45) is 12.4. The second kappa shape index (κ2) is 15.2. The largest absolute Gasteiger partial charge is 0.297 e. The fourth-order valence-corrected chi connectivity index (χ4v) is 4.04. The van der Waals surface area contributed by atoms with Gasteiger partial charge >= 0.3 is 0 Å². The first-order valence-electron chi connectivity index (χ1n) is 9.58. The first-order valence-corrected chi connectivity index (χ1v) is 11.0. The summed E-state index contributed by atoms with van der Waals surface area (Å²) >= 11 is 0. The maximum absolute atomic E-state index is 12.3. The number of rotatable bonds is 14. The molecule has 0 aromatic heterocycles. The molecular formula is C20H34NaO3S.